The summed E-state index contributed by atoms with van der Waals surface area (Å²) in [5.74, 6) is 0.628. The van der Waals surface area contributed by atoms with Gasteiger partial charge in [-0.2, -0.15) is 0 Å². The van der Waals surface area contributed by atoms with E-state index in [4.69, 9.17) is 9.15 Å². The molecule has 0 spiro atoms. The molecule has 0 aliphatic carbocycles. The second-order valence-corrected chi connectivity index (χ2v) is 7.36. The van der Waals surface area contributed by atoms with Gasteiger partial charge in [0.05, 0.1) is 24.2 Å². The molecule has 1 aliphatic rings. The number of nitrogens with one attached hydrogen (secondary N) is 2. The van der Waals surface area contributed by atoms with E-state index in [-0.39, 0.29) is 23.2 Å². The van der Waals surface area contributed by atoms with Gasteiger partial charge in [0.15, 0.2) is 0 Å². The fraction of sp³-hybridized carbons (Fsp3) is 0.429. The molecule has 3 rings (SSSR count). The standard InChI is InChI=1S/C21H26N4O6/c1-14-6-7-19(31-14)18(24-8-10-30-11-9-24)13-22-20(26)15(2)23-21(27)16-4-3-5-17(12-16)25(28)29/h3-7,12,15,18H,8-11,13H2,1-2H3,(H,22,26)(H,23,27). The van der Waals surface area contributed by atoms with Gasteiger partial charge in [0, 0.05) is 37.3 Å². The molecule has 31 heavy (non-hydrogen) atoms. The average Bonchev–Trinajstić information content (AvgIpc) is 3.20. The Labute approximate surface area is 179 Å². The zero-order valence-electron chi connectivity index (χ0n) is 17.5. The average molecular weight is 430 g/mol. The molecule has 10 nitrogen and oxygen atoms in total. The molecule has 1 aromatic carbocycles. The molecule has 2 amide bonds. The number of hydrogen-bond donors (Lipinski definition) is 2. The first-order valence-electron chi connectivity index (χ1n) is 10.1. The zero-order chi connectivity index (χ0) is 22.4. The third-order valence-electron chi connectivity index (χ3n) is 5.11. The lowest BCUT2D eigenvalue weighted by Gasteiger charge is -2.33. The first kappa shape index (κ1) is 22.4. The molecule has 2 aromatic rings. The molecule has 1 aromatic heterocycles. The van der Waals surface area contributed by atoms with E-state index in [1.165, 1.54) is 24.3 Å². The number of carbonyl (C=O) groups is 2. The molecule has 0 radical (unpaired) electrons. The Hall–Kier alpha value is -3.24. The number of hydrogen-bond acceptors (Lipinski definition) is 7. The van der Waals surface area contributed by atoms with Gasteiger partial charge in [0.25, 0.3) is 11.6 Å². The van der Waals surface area contributed by atoms with Crippen LogP contribution in [0.15, 0.2) is 40.8 Å². The van der Waals surface area contributed by atoms with E-state index in [0.717, 1.165) is 24.6 Å². The predicted octanol–water partition coefficient (Wildman–Crippen LogP) is 1.80. The van der Waals surface area contributed by atoms with E-state index in [2.05, 4.69) is 15.5 Å². The van der Waals surface area contributed by atoms with Crippen LogP contribution in [0.4, 0.5) is 5.69 Å². The topological polar surface area (TPSA) is 127 Å². The lowest BCUT2D eigenvalue weighted by molar-refractivity contribution is -0.384. The van der Waals surface area contributed by atoms with Crippen molar-refractivity contribution >= 4 is 17.5 Å². The summed E-state index contributed by atoms with van der Waals surface area (Å²) in [7, 11) is 0. The Bertz CT molecular complexity index is 937. The van der Waals surface area contributed by atoms with Crippen LogP contribution in [-0.2, 0) is 9.53 Å². The van der Waals surface area contributed by atoms with Crippen LogP contribution in [0.5, 0.6) is 0 Å². The summed E-state index contributed by atoms with van der Waals surface area (Å²) in [6.07, 6.45) is 0. The molecule has 1 aliphatic heterocycles. The minimum atomic E-state index is -0.824. The van der Waals surface area contributed by atoms with Gasteiger partial charge < -0.3 is 19.8 Å². The number of amides is 2. The van der Waals surface area contributed by atoms with Crippen molar-refractivity contribution in [3.63, 3.8) is 0 Å². The van der Waals surface area contributed by atoms with Gasteiger partial charge in [0.2, 0.25) is 5.91 Å². The lowest BCUT2D eigenvalue weighted by atomic mass is 10.1. The van der Waals surface area contributed by atoms with E-state index in [1.807, 2.05) is 19.1 Å². The molecule has 10 heteroatoms. The normalized spacial score (nSPS) is 16.3. The number of benzene rings is 1. The lowest BCUT2D eigenvalue weighted by Crippen LogP contribution is -2.48. The molecule has 0 saturated carbocycles. The highest BCUT2D eigenvalue weighted by molar-refractivity contribution is 5.97. The summed E-state index contributed by atoms with van der Waals surface area (Å²) in [6, 6.07) is 8.16. The van der Waals surface area contributed by atoms with Crippen LogP contribution in [0.1, 0.15) is 34.8 Å². The molecule has 1 saturated heterocycles. The molecule has 1 fully saturated rings. The number of nitrogens with zero attached hydrogens (tertiary/aromatic N) is 2. The van der Waals surface area contributed by atoms with Gasteiger partial charge in [0.1, 0.15) is 17.6 Å². The number of furan rings is 1. The first-order chi connectivity index (χ1) is 14.8. The van der Waals surface area contributed by atoms with E-state index in [9.17, 15) is 19.7 Å². The van der Waals surface area contributed by atoms with Crippen LogP contribution >= 0.6 is 0 Å². The summed E-state index contributed by atoms with van der Waals surface area (Å²) in [4.78, 5) is 37.5. The summed E-state index contributed by atoms with van der Waals surface area (Å²) >= 11 is 0. The number of nitro benzene ring substituents is 1. The zero-order valence-corrected chi connectivity index (χ0v) is 17.5. The molecule has 2 atom stereocenters. The highest BCUT2D eigenvalue weighted by Crippen LogP contribution is 2.23. The van der Waals surface area contributed by atoms with E-state index in [0.29, 0.717) is 19.8 Å². The Morgan fingerprint density at radius 1 is 1.23 bits per heavy atom. The van der Waals surface area contributed by atoms with E-state index >= 15 is 0 Å². The summed E-state index contributed by atoms with van der Waals surface area (Å²) < 4.78 is 11.2. The van der Waals surface area contributed by atoms with Crippen molar-refractivity contribution in [2.75, 3.05) is 32.8 Å². The fourth-order valence-electron chi connectivity index (χ4n) is 3.39. The second-order valence-electron chi connectivity index (χ2n) is 7.36. The second kappa shape index (κ2) is 10.2. The van der Waals surface area contributed by atoms with Crippen LogP contribution in [0.3, 0.4) is 0 Å². The van der Waals surface area contributed by atoms with Crippen molar-refractivity contribution in [1.29, 1.82) is 0 Å². The quantitative estimate of drug-likeness (QED) is 0.483. The Morgan fingerprint density at radius 2 is 1.97 bits per heavy atom. The van der Waals surface area contributed by atoms with Crippen molar-refractivity contribution in [2.45, 2.75) is 25.9 Å². The molecular formula is C21H26N4O6. The van der Waals surface area contributed by atoms with Gasteiger partial charge in [-0.3, -0.25) is 24.6 Å². The largest absolute Gasteiger partial charge is 0.465 e. The maximum atomic E-state index is 12.6. The monoisotopic (exact) mass is 430 g/mol. The number of nitro groups is 1. The van der Waals surface area contributed by atoms with Gasteiger partial charge in [-0.25, -0.2) is 0 Å². The Balaban J connectivity index is 1.60. The minimum absolute atomic E-state index is 0.117. The smallest absolute Gasteiger partial charge is 0.270 e. The Kier molecular flexibility index (Phi) is 7.37. The third-order valence-corrected chi connectivity index (χ3v) is 5.11. The van der Waals surface area contributed by atoms with Crippen molar-refractivity contribution in [3.8, 4) is 0 Å². The number of non-ortho nitro benzene ring substituents is 1. The minimum Gasteiger partial charge on any atom is -0.465 e. The molecule has 0 bridgehead atoms. The van der Waals surface area contributed by atoms with Crippen molar-refractivity contribution < 1.29 is 23.7 Å². The van der Waals surface area contributed by atoms with Crippen LogP contribution in [0, 0.1) is 17.0 Å². The highest BCUT2D eigenvalue weighted by atomic mass is 16.6. The number of morpholine rings is 1. The van der Waals surface area contributed by atoms with Crippen molar-refractivity contribution in [1.82, 2.24) is 15.5 Å². The summed E-state index contributed by atoms with van der Waals surface area (Å²) in [5.41, 5.74) is -0.0713. The van der Waals surface area contributed by atoms with Crippen molar-refractivity contribution in [2.24, 2.45) is 0 Å². The molecule has 2 N–H and O–H groups in total. The maximum absolute atomic E-state index is 12.6. The van der Waals surface area contributed by atoms with Gasteiger partial charge >= 0.3 is 0 Å². The maximum Gasteiger partial charge on any atom is 0.270 e. The van der Waals surface area contributed by atoms with Crippen LogP contribution in [0.25, 0.3) is 0 Å². The predicted molar refractivity (Wildman–Crippen MR) is 112 cm³/mol. The van der Waals surface area contributed by atoms with E-state index < -0.39 is 16.9 Å². The number of carbonyl (C=O) groups excluding carboxylic acids is 2. The van der Waals surface area contributed by atoms with Gasteiger partial charge in [-0.05, 0) is 32.0 Å². The molecular weight excluding hydrogens is 404 g/mol. The number of rotatable bonds is 8. The van der Waals surface area contributed by atoms with Crippen LogP contribution in [-0.4, -0.2) is 60.5 Å². The molecule has 166 valence electrons. The molecule has 2 heterocycles. The summed E-state index contributed by atoms with van der Waals surface area (Å²) in [5, 5.41) is 16.3. The van der Waals surface area contributed by atoms with Gasteiger partial charge in [-0.15, -0.1) is 0 Å². The van der Waals surface area contributed by atoms with Crippen LogP contribution in [0.2, 0.25) is 0 Å². The highest BCUT2D eigenvalue weighted by Gasteiger charge is 2.27. The first-order valence-corrected chi connectivity index (χ1v) is 10.1. The molecule has 2 unspecified atom stereocenters. The SMILES string of the molecule is Cc1ccc(C(CNC(=O)C(C)NC(=O)c2cccc([N+](=O)[O-])c2)N2CCOCC2)o1. The summed E-state index contributed by atoms with van der Waals surface area (Å²) in [6.45, 7) is 6.40. The number of aryl methyl sites for hydroxylation is 1. The Morgan fingerprint density at radius 3 is 2.61 bits per heavy atom. The van der Waals surface area contributed by atoms with Gasteiger partial charge in [-0.1, -0.05) is 6.07 Å². The van der Waals surface area contributed by atoms with E-state index in [1.54, 1.807) is 6.92 Å². The van der Waals surface area contributed by atoms with Crippen molar-refractivity contribution in [3.05, 3.63) is 63.6 Å². The fourth-order valence-corrected chi connectivity index (χ4v) is 3.39. The third kappa shape index (κ3) is 5.89. The number of ether oxygens (including phenoxy) is 1. The van der Waals surface area contributed by atoms with Crippen LogP contribution < -0.4 is 10.6 Å².